The van der Waals surface area contributed by atoms with E-state index in [4.69, 9.17) is 52.1 Å². The molecule has 0 aromatic heterocycles. The fourth-order valence-electron chi connectivity index (χ4n) is 18.9. The summed E-state index contributed by atoms with van der Waals surface area (Å²) in [6.45, 7) is 10.2. The second-order valence-electron chi connectivity index (χ2n) is 28.6. The van der Waals surface area contributed by atoms with E-state index in [2.05, 4.69) is 34.6 Å². The second-order valence-corrected chi connectivity index (χ2v) is 28.6. The molecule has 11 rings (SSSR count). The second kappa shape index (κ2) is 23.6. The molecular weight excluding hydrogens is 1130 g/mol. The van der Waals surface area contributed by atoms with Crippen LogP contribution in [-0.2, 0) is 56.9 Å². The zero-order valence-corrected chi connectivity index (χ0v) is 49.2. The van der Waals surface area contributed by atoms with Gasteiger partial charge in [0.1, 0.15) is 116 Å². The number of rotatable bonds is 14. The summed E-state index contributed by atoms with van der Waals surface area (Å²) in [6.07, 6.45) is -34.9. The summed E-state index contributed by atoms with van der Waals surface area (Å²) in [6, 6.07) is 0. The summed E-state index contributed by atoms with van der Waals surface area (Å²) in [5, 5.41) is 165. The molecule has 15 N–H and O–H groups in total. The summed E-state index contributed by atoms with van der Waals surface area (Å²) in [5.74, 6) is 0.187. The van der Waals surface area contributed by atoms with Crippen molar-refractivity contribution < 1.29 is 133 Å². The molecule has 6 aliphatic heterocycles. The number of aliphatic hydroxyl groups is 15. The van der Waals surface area contributed by atoms with Crippen molar-refractivity contribution >= 4 is 6.29 Å². The number of hydrogen-bond acceptors (Lipinski definition) is 27. The molecule has 5 saturated carbocycles. The molecule has 11 fully saturated rings. The van der Waals surface area contributed by atoms with Gasteiger partial charge in [-0.3, -0.25) is 0 Å². The minimum atomic E-state index is -2.06. The van der Waals surface area contributed by atoms with Gasteiger partial charge in [0, 0.05) is 16.2 Å². The lowest BCUT2D eigenvalue weighted by atomic mass is 9.30. The van der Waals surface area contributed by atoms with E-state index in [0.717, 1.165) is 38.4 Å². The van der Waals surface area contributed by atoms with Gasteiger partial charge in [0.15, 0.2) is 31.5 Å². The van der Waals surface area contributed by atoms with Crippen LogP contribution in [0.1, 0.15) is 106 Å². The van der Waals surface area contributed by atoms with Crippen LogP contribution >= 0.6 is 0 Å². The van der Waals surface area contributed by atoms with Crippen molar-refractivity contribution in [3.8, 4) is 0 Å². The molecule has 0 radical (unpaired) electrons. The first-order valence-electron chi connectivity index (χ1n) is 30.6. The van der Waals surface area contributed by atoms with Crippen LogP contribution in [0.4, 0.5) is 0 Å². The van der Waals surface area contributed by atoms with Gasteiger partial charge in [-0.2, -0.15) is 0 Å². The molecule has 27 nitrogen and oxygen atoms in total. The molecule has 6 heterocycles. The first-order chi connectivity index (χ1) is 40.0. The summed E-state index contributed by atoms with van der Waals surface area (Å²) >= 11 is 0. The first-order valence-corrected chi connectivity index (χ1v) is 30.6. The van der Waals surface area contributed by atoms with Crippen LogP contribution in [0.3, 0.4) is 0 Å². The van der Waals surface area contributed by atoms with E-state index >= 15 is 0 Å². The highest BCUT2D eigenvalue weighted by Gasteiger charge is 2.80. The molecule has 5 aliphatic carbocycles. The molecule has 0 amide bonds. The zero-order chi connectivity index (χ0) is 61.5. The van der Waals surface area contributed by atoms with Crippen molar-refractivity contribution in [2.45, 2.75) is 265 Å². The van der Waals surface area contributed by atoms with Crippen LogP contribution < -0.4 is 0 Å². The lowest BCUT2D eigenvalue weighted by Gasteiger charge is -2.75. The quantitative estimate of drug-likeness (QED) is 0.0581. The Balaban J connectivity index is 0.936. The monoisotopic (exact) mass is 1220 g/mol. The SMILES string of the molecule is CC1(C=O)CCC23COC4(CCC5C6(C)CCC(OC7OCC(OC8OCC(O)C(O)C8O)C(OC8OC(CO)C(O)C(O)C8O)C7OC7OC(CO)C(O)C(O)C7OC7OC(CO)C(O)C(O)C7O)C(C)(C)C6CCC5(C)C4(C)CC2O)C3C1. The van der Waals surface area contributed by atoms with Gasteiger partial charge in [-0.05, 0) is 98.2 Å². The lowest BCUT2D eigenvalue weighted by molar-refractivity contribution is -0.411. The average Bonchev–Trinajstić information content (AvgIpc) is 1.63. The fourth-order valence-corrected chi connectivity index (χ4v) is 18.9. The van der Waals surface area contributed by atoms with Gasteiger partial charge in [0.25, 0.3) is 0 Å². The molecule has 34 unspecified atom stereocenters. The van der Waals surface area contributed by atoms with Crippen molar-refractivity contribution in [3.63, 3.8) is 0 Å². The maximum atomic E-state index is 12.7. The molecule has 11 aliphatic rings. The Labute approximate surface area is 493 Å². The summed E-state index contributed by atoms with van der Waals surface area (Å²) in [7, 11) is 0. The Morgan fingerprint density at radius 2 is 1.04 bits per heavy atom. The molecule has 27 heteroatoms. The third-order valence-electron chi connectivity index (χ3n) is 24.1. The highest BCUT2D eigenvalue weighted by Crippen LogP contribution is 2.80. The third-order valence-corrected chi connectivity index (χ3v) is 24.1. The van der Waals surface area contributed by atoms with E-state index in [-0.39, 0.29) is 28.6 Å². The molecular formula is C58H94O27. The van der Waals surface area contributed by atoms with E-state index in [1.54, 1.807) is 0 Å². The van der Waals surface area contributed by atoms with Crippen LogP contribution in [0.2, 0.25) is 0 Å². The number of carbonyl (C=O) groups is 1. The topological polar surface area (TPSA) is 422 Å². The highest BCUT2D eigenvalue weighted by atomic mass is 16.8. The number of fused-ring (bicyclic) bond motifs is 4. The van der Waals surface area contributed by atoms with Crippen molar-refractivity contribution in [3.05, 3.63) is 0 Å². The Morgan fingerprint density at radius 1 is 0.482 bits per heavy atom. The van der Waals surface area contributed by atoms with Crippen molar-refractivity contribution in [1.29, 1.82) is 0 Å². The molecule has 2 bridgehead atoms. The maximum Gasteiger partial charge on any atom is 0.187 e. The van der Waals surface area contributed by atoms with Crippen molar-refractivity contribution in [1.82, 2.24) is 0 Å². The van der Waals surface area contributed by atoms with E-state index < -0.39 is 214 Å². The molecule has 6 saturated heterocycles. The smallest absolute Gasteiger partial charge is 0.187 e. The number of carbonyl (C=O) groups excluding carboxylic acids is 1. The molecule has 34 atom stereocenters. The van der Waals surface area contributed by atoms with Crippen molar-refractivity contribution in [2.75, 3.05) is 39.6 Å². The van der Waals surface area contributed by atoms with Gasteiger partial charge in [0.2, 0.25) is 0 Å². The molecule has 0 aromatic rings. The zero-order valence-electron chi connectivity index (χ0n) is 49.2. The Kier molecular flexibility index (Phi) is 18.1. The van der Waals surface area contributed by atoms with Crippen LogP contribution in [0.15, 0.2) is 0 Å². The lowest BCUT2D eigenvalue weighted by Crippen LogP contribution is -2.74. The maximum absolute atomic E-state index is 12.7. The molecule has 0 aromatic carbocycles. The largest absolute Gasteiger partial charge is 0.394 e. The number of aldehydes is 1. The van der Waals surface area contributed by atoms with Crippen LogP contribution in [-0.4, -0.2) is 282 Å². The third kappa shape index (κ3) is 10.2. The van der Waals surface area contributed by atoms with Crippen LogP contribution in [0, 0.1) is 50.2 Å². The van der Waals surface area contributed by atoms with Crippen LogP contribution in [0.25, 0.3) is 0 Å². The minimum absolute atomic E-state index is 0.00599. The number of aliphatic hydroxyl groups excluding tert-OH is 15. The molecule has 85 heavy (non-hydrogen) atoms. The van der Waals surface area contributed by atoms with Gasteiger partial charge in [-0.15, -0.1) is 0 Å². The predicted octanol–water partition coefficient (Wildman–Crippen LogP) is -4.07. The molecule has 488 valence electrons. The van der Waals surface area contributed by atoms with E-state index in [9.17, 15) is 81.4 Å². The Hall–Kier alpha value is -1.37. The van der Waals surface area contributed by atoms with Gasteiger partial charge >= 0.3 is 0 Å². The standard InChI is InChI=1S/C58H94O27/c1-52(2)29-7-11-55(5)30(8-12-58-31-15-53(3,22-62)13-14-57(31,23-77-58)32(64)16-56(55,58)6)54(29,4)10-9-33(52)82-50-46(85-51-45(40(71)37(68)27(19-61)80-51)84-49-43(74)39(70)36(67)26(18-60)79-49)44(83-48-42(73)38(69)35(66)25(17-59)78-48)28(21-76-50)81-47-41(72)34(65)24(63)20-75-47/h22,24-51,59-61,63-74H,7-21,23H2,1-6H3. The number of hydrogen-bond donors (Lipinski definition) is 15. The summed E-state index contributed by atoms with van der Waals surface area (Å²) < 4.78 is 70.0. The number of ether oxygens (including phenoxy) is 11. The summed E-state index contributed by atoms with van der Waals surface area (Å²) in [5.41, 5.74) is -3.16. The average molecular weight is 1220 g/mol. The fraction of sp³-hybridized carbons (Fsp3) is 0.983. The normalized spacial score (nSPS) is 57.6. The van der Waals surface area contributed by atoms with E-state index in [0.29, 0.717) is 38.7 Å². The summed E-state index contributed by atoms with van der Waals surface area (Å²) in [4.78, 5) is 12.7. The van der Waals surface area contributed by atoms with Crippen molar-refractivity contribution in [2.24, 2.45) is 50.2 Å². The highest BCUT2D eigenvalue weighted by molar-refractivity contribution is 5.59. The minimum Gasteiger partial charge on any atom is -0.394 e. The predicted molar refractivity (Wildman–Crippen MR) is 283 cm³/mol. The Bertz CT molecular complexity index is 2340. The van der Waals surface area contributed by atoms with Gasteiger partial charge < -0.3 is 133 Å². The first kappa shape index (κ1) is 65.1. The van der Waals surface area contributed by atoms with Gasteiger partial charge in [-0.1, -0.05) is 41.5 Å². The van der Waals surface area contributed by atoms with E-state index in [1.165, 1.54) is 0 Å². The Morgan fingerprint density at radius 3 is 1.65 bits per heavy atom. The van der Waals surface area contributed by atoms with Gasteiger partial charge in [-0.25, -0.2) is 0 Å². The van der Waals surface area contributed by atoms with Crippen LogP contribution in [0.5, 0.6) is 0 Å². The van der Waals surface area contributed by atoms with Gasteiger partial charge in [0.05, 0.1) is 57.5 Å². The molecule has 1 spiro atoms. The van der Waals surface area contributed by atoms with E-state index in [1.807, 2.05) is 6.92 Å².